The Morgan fingerprint density at radius 1 is 1.25 bits per heavy atom. The minimum absolute atomic E-state index is 0.225. The molecule has 0 unspecified atom stereocenters. The van der Waals surface area contributed by atoms with Crippen molar-refractivity contribution in [1.82, 2.24) is 15.1 Å². The van der Waals surface area contributed by atoms with Gasteiger partial charge in [-0.3, -0.25) is 9.69 Å². The van der Waals surface area contributed by atoms with Crippen molar-refractivity contribution in [3.63, 3.8) is 0 Å². The molecule has 1 aromatic rings. The number of likely N-dealkylation sites (N-methyl/N-ethyl adjacent to an activating group) is 1. The third kappa shape index (κ3) is 4.94. The van der Waals surface area contributed by atoms with Crippen molar-refractivity contribution >= 4 is 5.91 Å². The molecule has 0 saturated carbocycles. The van der Waals surface area contributed by atoms with Crippen LogP contribution in [0.1, 0.15) is 12.0 Å². The lowest BCUT2D eigenvalue weighted by molar-refractivity contribution is -0.131. The van der Waals surface area contributed by atoms with Crippen LogP contribution in [-0.4, -0.2) is 62.0 Å². The molecule has 0 spiro atoms. The lowest BCUT2D eigenvalue weighted by Crippen LogP contribution is -2.40. The van der Waals surface area contributed by atoms with Crippen LogP contribution in [0.5, 0.6) is 0 Å². The minimum atomic E-state index is 0.225. The molecule has 1 aliphatic rings. The Balaban J connectivity index is 1.73. The summed E-state index contributed by atoms with van der Waals surface area (Å²) < 4.78 is 0. The second-order valence-electron chi connectivity index (χ2n) is 5.43. The molecule has 2 rings (SSSR count). The zero-order valence-electron chi connectivity index (χ0n) is 12.3. The maximum atomic E-state index is 12.2. The summed E-state index contributed by atoms with van der Waals surface area (Å²) in [7, 11) is 1.90. The van der Waals surface area contributed by atoms with Crippen molar-refractivity contribution in [2.75, 3.05) is 46.3 Å². The number of nitrogens with zero attached hydrogens (tertiary/aromatic N) is 2. The Kier molecular flexibility index (Phi) is 6.02. The fraction of sp³-hybridized carbons (Fsp3) is 0.562. The third-order valence-electron chi connectivity index (χ3n) is 3.80. The molecule has 0 aliphatic carbocycles. The molecule has 1 aliphatic heterocycles. The van der Waals surface area contributed by atoms with Gasteiger partial charge in [0.1, 0.15) is 0 Å². The number of nitrogens with one attached hydrogen (secondary N) is 1. The molecular weight excluding hydrogens is 250 g/mol. The molecule has 1 N–H and O–H groups in total. The summed E-state index contributed by atoms with van der Waals surface area (Å²) in [6.45, 7) is 5.38. The van der Waals surface area contributed by atoms with E-state index >= 15 is 0 Å². The first-order valence-electron chi connectivity index (χ1n) is 7.46. The Hall–Kier alpha value is -1.39. The second-order valence-corrected chi connectivity index (χ2v) is 5.43. The Bertz CT molecular complexity index is 399. The molecule has 1 fully saturated rings. The van der Waals surface area contributed by atoms with Gasteiger partial charge < -0.3 is 10.2 Å². The van der Waals surface area contributed by atoms with E-state index in [4.69, 9.17) is 0 Å². The number of carbonyl (C=O) groups is 1. The third-order valence-corrected chi connectivity index (χ3v) is 3.80. The molecule has 1 saturated heterocycles. The van der Waals surface area contributed by atoms with Gasteiger partial charge in [-0.1, -0.05) is 30.3 Å². The summed E-state index contributed by atoms with van der Waals surface area (Å²) >= 11 is 0. The van der Waals surface area contributed by atoms with E-state index in [0.29, 0.717) is 6.54 Å². The molecule has 1 amide bonds. The standard InChI is InChI=1S/C16H25N3O/c1-18(12-8-15-6-3-2-4-7-15)16(20)14-19-11-5-9-17-10-13-19/h2-4,6-7,17H,5,8-14H2,1H3. The zero-order valence-corrected chi connectivity index (χ0v) is 12.3. The van der Waals surface area contributed by atoms with E-state index in [1.807, 2.05) is 30.1 Å². The highest BCUT2D eigenvalue weighted by atomic mass is 16.2. The van der Waals surface area contributed by atoms with Crippen LogP contribution >= 0.6 is 0 Å². The second kappa shape index (κ2) is 8.02. The normalized spacial score (nSPS) is 16.6. The van der Waals surface area contributed by atoms with Gasteiger partial charge in [0.15, 0.2) is 0 Å². The van der Waals surface area contributed by atoms with E-state index < -0.39 is 0 Å². The topological polar surface area (TPSA) is 35.6 Å². The average Bonchev–Trinajstić information content (AvgIpc) is 2.74. The van der Waals surface area contributed by atoms with Gasteiger partial charge >= 0.3 is 0 Å². The average molecular weight is 275 g/mol. The largest absolute Gasteiger partial charge is 0.344 e. The molecule has 1 aromatic carbocycles. The predicted molar refractivity (Wildman–Crippen MR) is 81.7 cm³/mol. The highest BCUT2D eigenvalue weighted by Crippen LogP contribution is 2.02. The first-order chi connectivity index (χ1) is 9.75. The number of benzene rings is 1. The lowest BCUT2D eigenvalue weighted by Gasteiger charge is -2.23. The predicted octanol–water partition coefficient (Wildman–Crippen LogP) is 0.983. The first kappa shape index (κ1) is 15.0. The first-order valence-corrected chi connectivity index (χ1v) is 7.46. The van der Waals surface area contributed by atoms with Gasteiger partial charge in [0.05, 0.1) is 6.54 Å². The minimum Gasteiger partial charge on any atom is -0.344 e. The Morgan fingerprint density at radius 2 is 2.05 bits per heavy atom. The smallest absolute Gasteiger partial charge is 0.236 e. The molecule has 4 heteroatoms. The van der Waals surface area contributed by atoms with Gasteiger partial charge in [-0.15, -0.1) is 0 Å². The summed E-state index contributed by atoms with van der Waals surface area (Å²) in [5.41, 5.74) is 1.28. The van der Waals surface area contributed by atoms with Gasteiger partial charge in [0, 0.05) is 26.7 Å². The Morgan fingerprint density at radius 3 is 2.85 bits per heavy atom. The number of hydrogen-bond donors (Lipinski definition) is 1. The molecule has 4 nitrogen and oxygen atoms in total. The monoisotopic (exact) mass is 275 g/mol. The van der Waals surface area contributed by atoms with E-state index in [1.54, 1.807) is 0 Å². The summed E-state index contributed by atoms with van der Waals surface area (Å²) in [5.74, 6) is 0.225. The highest BCUT2D eigenvalue weighted by Gasteiger charge is 2.15. The van der Waals surface area contributed by atoms with Crippen molar-refractivity contribution in [3.8, 4) is 0 Å². The van der Waals surface area contributed by atoms with Crippen molar-refractivity contribution < 1.29 is 4.79 Å². The molecular formula is C16H25N3O. The van der Waals surface area contributed by atoms with Gasteiger partial charge in [-0.05, 0) is 31.5 Å². The molecule has 0 bridgehead atoms. The maximum Gasteiger partial charge on any atom is 0.236 e. The van der Waals surface area contributed by atoms with Gasteiger partial charge in [-0.25, -0.2) is 0 Å². The van der Waals surface area contributed by atoms with Crippen LogP contribution in [0.25, 0.3) is 0 Å². The zero-order chi connectivity index (χ0) is 14.2. The lowest BCUT2D eigenvalue weighted by atomic mass is 10.1. The summed E-state index contributed by atoms with van der Waals surface area (Å²) in [6, 6.07) is 10.3. The van der Waals surface area contributed by atoms with Crippen molar-refractivity contribution in [2.45, 2.75) is 12.8 Å². The molecule has 20 heavy (non-hydrogen) atoms. The van der Waals surface area contributed by atoms with Gasteiger partial charge in [-0.2, -0.15) is 0 Å². The summed E-state index contributed by atoms with van der Waals surface area (Å²) in [4.78, 5) is 16.3. The van der Waals surface area contributed by atoms with Crippen LogP contribution in [0.3, 0.4) is 0 Å². The number of carbonyl (C=O) groups excluding carboxylic acids is 1. The van der Waals surface area contributed by atoms with Crippen molar-refractivity contribution in [1.29, 1.82) is 0 Å². The van der Waals surface area contributed by atoms with E-state index in [2.05, 4.69) is 22.3 Å². The van der Waals surface area contributed by atoms with Crippen LogP contribution in [0.15, 0.2) is 30.3 Å². The van der Waals surface area contributed by atoms with Gasteiger partial charge in [0.25, 0.3) is 0 Å². The fourth-order valence-corrected chi connectivity index (χ4v) is 2.44. The Labute approximate surface area is 121 Å². The molecule has 1 heterocycles. The molecule has 110 valence electrons. The maximum absolute atomic E-state index is 12.2. The molecule has 0 atom stereocenters. The van der Waals surface area contributed by atoms with Crippen LogP contribution < -0.4 is 5.32 Å². The van der Waals surface area contributed by atoms with Crippen LogP contribution in [0, 0.1) is 0 Å². The summed E-state index contributed by atoms with van der Waals surface area (Å²) in [6.07, 6.45) is 2.05. The highest BCUT2D eigenvalue weighted by molar-refractivity contribution is 5.78. The van der Waals surface area contributed by atoms with E-state index in [1.165, 1.54) is 5.56 Å². The number of rotatable bonds is 5. The van der Waals surface area contributed by atoms with E-state index in [0.717, 1.165) is 45.6 Å². The van der Waals surface area contributed by atoms with Crippen LogP contribution in [0.2, 0.25) is 0 Å². The number of hydrogen-bond acceptors (Lipinski definition) is 3. The van der Waals surface area contributed by atoms with Crippen LogP contribution in [0.4, 0.5) is 0 Å². The fourth-order valence-electron chi connectivity index (χ4n) is 2.44. The van der Waals surface area contributed by atoms with Crippen molar-refractivity contribution in [2.24, 2.45) is 0 Å². The summed E-state index contributed by atoms with van der Waals surface area (Å²) in [5, 5.41) is 3.36. The van der Waals surface area contributed by atoms with Crippen molar-refractivity contribution in [3.05, 3.63) is 35.9 Å². The molecule has 0 aromatic heterocycles. The van der Waals surface area contributed by atoms with E-state index in [9.17, 15) is 4.79 Å². The SMILES string of the molecule is CN(CCc1ccccc1)C(=O)CN1CCCNCC1. The van der Waals surface area contributed by atoms with Gasteiger partial charge in [0.2, 0.25) is 5.91 Å². The van der Waals surface area contributed by atoms with E-state index in [-0.39, 0.29) is 5.91 Å². The van der Waals surface area contributed by atoms with Crippen LogP contribution in [-0.2, 0) is 11.2 Å². The molecule has 0 radical (unpaired) electrons. The quantitative estimate of drug-likeness (QED) is 0.870. The number of amides is 1.